The van der Waals surface area contributed by atoms with Crippen LogP contribution >= 0.6 is 0 Å². The lowest BCUT2D eigenvalue weighted by Crippen LogP contribution is -2.58. The highest BCUT2D eigenvalue weighted by atomic mass is 19.1. The molecule has 1 fully saturated rings. The number of likely N-dealkylation sites (N-methyl/N-ethyl adjacent to an activating group) is 3. The summed E-state index contributed by atoms with van der Waals surface area (Å²) in [5.74, 6) is -0.987. The minimum Gasteiger partial charge on any atom is -0.315 e. The average molecular weight is 283 g/mol. The van der Waals surface area contributed by atoms with E-state index in [1.54, 1.807) is 6.07 Å². The van der Waals surface area contributed by atoms with E-state index in [0.717, 1.165) is 25.7 Å². The summed E-state index contributed by atoms with van der Waals surface area (Å²) in [5, 5.41) is 3.28. The highest BCUT2D eigenvalue weighted by Gasteiger charge is 2.29. The summed E-state index contributed by atoms with van der Waals surface area (Å²) >= 11 is 0. The Labute approximate surface area is 119 Å². The van der Waals surface area contributed by atoms with Crippen LogP contribution in [-0.2, 0) is 6.42 Å². The second kappa shape index (κ2) is 6.61. The number of halogens is 2. The van der Waals surface area contributed by atoms with Crippen molar-refractivity contribution < 1.29 is 8.78 Å². The van der Waals surface area contributed by atoms with E-state index in [9.17, 15) is 8.78 Å². The van der Waals surface area contributed by atoms with Crippen LogP contribution in [-0.4, -0.2) is 62.7 Å². The predicted octanol–water partition coefficient (Wildman–Crippen LogP) is 1.34. The summed E-state index contributed by atoms with van der Waals surface area (Å²) in [6.07, 6.45) is 0.561. The van der Waals surface area contributed by atoms with E-state index >= 15 is 0 Å². The first-order valence-electron chi connectivity index (χ1n) is 7.01. The number of benzene rings is 1. The van der Waals surface area contributed by atoms with Crippen LogP contribution < -0.4 is 5.32 Å². The predicted molar refractivity (Wildman–Crippen MR) is 76.8 cm³/mol. The fraction of sp³-hybridized carbons (Fsp3) is 0.600. The zero-order valence-corrected chi connectivity index (χ0v) is 12.4. The van der Waals surface area contributed by atoms with Crippen LogP contribution in [0, 0.1) is 11.6 Å². The molecule has 0 radical (unpaired) electrons. The van der Waals surface area contributed by atoms with Crippen molar-refractivity contribution in [1.29, 1.82) is 0 Å². The Morgan fingerprint density at radius 1 is 1.30 bits per heavy atom. The molecule has 5 heteroatoms. The van der Waals surface area contributed by atoms with Crippen molar-refractivity contribution >= 4 is 0 Å². The molecule has 1 aromatic carbocycles. The lowest BCUT2D eigenvalue weighted by molar-refractivity contribution is 0.0895. The molecule has 1 N–H and O–H groups in total. The second-order valence-corrected chi connectivity index (χ2v) is 5.65. The van der Waals surface area contributed by atoms with Gasteiger partial charge in [0, 0.05) is 37.8 Å². The molecule has 3 nitrogen and oxygen atoms in total. The van der Waals surface area contributed by atoms with E-state index in [4.69, 9.17) is 0 Å². The molecule has 20 heavy (non-hydrogen) atoms. The molecule has 0 spiro atoms. The van der Waals surface area contributed by atoms with Crippen molar-refractivity contribution in [3.05, 3.63) is 35.4 Å². The van der Waals surface area contributed by atoms with Gasteiger partial charge in [0.15, 0.2) is 0 Å². The molecule has 1 aromatic rings. The van der Waals surface area contributed by atoms with Crippen molar-refractivity contribution in [3.63, 3.8) is 0 Å². The fourth-order valence-electron chi connectivity index (χ4n) is 2.83. The summed E-state index contributed by atoms with van der Waals surface area (Å²) in [5.41, 5.74) is 0.562. The number of hydrogen-bond acceptors (Lipinski definition) is 3. The Bertz CT molecular complexity index is 453. The van der Waals surface area contributed by atoms with Gasteiger partial charge in [0.05, 0.1) is 0 Å². The lowest BCUT2D eigenvalue weighted by Gasteiger charge is -2.42. The topological polar surface area (TPSA) is 18.5 Å². The first kappa shape index (κ1) is 15.4. The molecule has 1 aliphatic rings. The number of nitrogens with one attached hydrogen (secondary N) is 1. The van der Waals surface area contributed by atoms with Gasteiger partial charge in [-0.05, 0) is 39.2 Å². The maximum Gasteiger partial charge on any atom is 0.129 e. The third-order valence-corrected chi connectivity index (χ3v) is 4.19. The Balaban J connectivity index is 2.11. The third kappa shape index (κ3) is 3.53. The Morgan fingerprint density at radius 3 is 2.70 bits per heavy atom. The molecule has 0 bridgehead atoms. The molecule has 0 saturated carbocycles. The van der Waals surface area contributed by atoms with Crippen LogP contribution in [0.4, 0.5) is 8.78 Å². The van der Waals surface area contributed by atoms with Gasteiger partial charge >= 0.3 is 0 Å². The van der Waals surface area contributed by atoms with E-state index in [1.807, 2.05) is 7.05 Å². The smallest absolute Gasteiger partial charge is 0.129 e. The van der Waals surface area contributed by atoms with Crippen molar-refractivity contribution in [2.24, 2.45) is 0 Å². The average Bonchev–Trinajstić information content (AvgIpc) is 2.41. The minimum atomic E-state index is -0.526. The molecular formula is C15H23F2N3. The molecule has 1 saturated heterocycles. The summed E-state index contributed by atoms with van der Waals surface area (Å²) in [7, 11) is 6.10. The van der Waals surface area contributed by atoms with Gasteiger partial charge in [-0.2, -0.15) is 0 Å². The maximum absolute atomic E-state index is 13.8. The quantitative estimate of drug-likeness (QED) is 0.900. The zero-order chi connectivity index (χ0) is 14.7. The highest BCUT2D eigenvalue weighted by Crippen LogP contribution is 2.17. The minimum absolute atomic E-state index is 0.141. The van der Waals surface area contributed by atoms with Crippen LogP contribution in [0.5, 0.6) is 0 Å². The van der Waals surface area contributed by atoms with Gasteiger partial charge in [-0.15, -0.1) is 0 Å². The van der Waals surface area contributed by atoms with Gasteiger partial charge in [0.25, 0.3) is 0 Å². The Kier molecular flexibility index (Phi) is 5.07. The maximum atomic E-state index is 13.8. The lowest BCUT2D eigenvalue weighted by atomic mass is 9.96. The molecule has 0 aromatic heterocycles. The molecule has 0 aliphatic carbocycles. The monoisotopic (exact) mass is 283 g/mol. The third-order valence-electron chi connectivity index (χ3n) is 4.19. The van der Waals surface area contributed by atoms with Gasteiger partial charge < -0.3 is 10.2 Å². The van der Waals surface area contributed by atoms with Crippen molar-refractivity contribution in [3.8, 4) is 0 Å². The molecule has 0 amide bonds. The zero-order valence-electron chi connectivity index (χ0n) is 12.4. The van der Waals surface area contributed by atoms with Crippen LogP contribution in [0.3, 0.4) is 0 Å². The molecule has 112 valence electrons. The second-order valence-electron chi connectivity index (χ2n) is 5.65. The standard InChI is InChI=1S/C15H23F2N3/c1-18-14(15-10-19(2)6-7-20(15)3)8-11-4-5-12(16)9-13(11)17/h4-5,9,14-15,18H,6-8,10H2,1-3H3. The van der Waals surface area contributed by atoms with Gasteiger partial charge in [-0.25, -0.2) is 8.78 Å². The SMILES string of the molecule is CNC(Cc1ccc(F)cc1F)C1CN(C)CCN1C. The number of hydrogen-bond donors (Lipinski definition) is 1. The van der Waals surface area contributed by atoms with E-state index in [-0.39, 0.29) is 6.04 Å². The summed E-state index contributed by atoms with van der Waals surface area (Å²) < 4.78 is 26.8. The Hall–Kier alpha value is -1.04. The van der Waals surface area contributed by atoms with Crippen molar-refractivity contribution in [2.75, 3.05) is 40.8 Å². The Morgan fingerprint density at radius 2 is 2.05 bits per heavy atom. The largest absolute Gasteiger partial charge is 0.315 e. The van der Waals surface area contributed by atoms with Gasteiger partial charge in [-0.3, -0.25) is 4.90 Å². The van der Waals surface area contributed by atoms with Crippen molar-refractivity contribution in [1.82, 2.24) is 15.1 Å². The number of piperazine rings is 1. The summed E-state index contributed by atoms with van der Waals surface area (Å²) in [6, 6.07) is 4.29. The molecular weight excluding hydrogens is 260 g/mol. The first-order chi connectivity index (χ1) is 9.51. The van der Waals surface area contributed by atoms with Crippen molar-refractivity contribution in [2.45, 2.75) is 18.5 Å². The van der Waals surface area contributed by atoms with Crippen LogP contribution in [0.15, 0.2) is 18.2 Å². The summed E-state index contributed by atoms with van der Waals surface area (Å²) in [4.78, 5) is 4.60. The van der Waals surface area contributed by atoms with Gasteiger partial charge in [0.1, 0.15) is 11.6 Å². The number of nitrogens with zero attached hydrogens (tertiary/aromatic N) is 2. The van der Waals surface area contributed by atoms with Crippen LogP contribution in [0.1, 0.15) is 5.56 Å². The molecule has 1 aliphatic heterocycles. The summed E-state index contributed by atoms with van der Waals surface area (Å²) in [6.45, 7) is 3.00. The highest BCUT2D eigenvalue weighted by molar-refractivity contribution is 5.20. The van der Waals surface area contributed by atoms with Gasteiger partial charge in [0.2, 0.25) is 0 Å². The molecule has 2 unspecified atom stereocenters. The first-order valence-corrected chi connectivity index (χ1v) is 7.01. The van der Waals surface area contributed by atoms with Crippen LogP contribution in [0.25, 0.3) is 0 Å². The van der Waals surface area contributed by atoms with E-state index in [1.165, 1.54) is 6.07 Å². The number of rotatable bonds is 4. The fourth-order valence-corrected chi connectivity index (χ4v) is 2.83. The molecule has 2 atom stereocenters. The van der Waals surface area contributed by atoms with E-state index in [2.05, 4.69) is 29.2 Å². The van der Waals surface area contributed by atoms with Crippen LogP contribution in [0.2, 0.25) is 0 Å². The van der Waals surface area contributed by atoms with E-state index < -0.39 is 11.6 Å². The molecule has 1 heterocycles. The van der Waals surface area contributed by atoms with Gasteiger partial charge in [-0.1, -0.05) is 6.07 Å². The molecule has 2 rings (SSSR count). The normalized spacial score (nSPS) is 22.9. The van der Waals surface area contributed by atoms with E-state index in [0.29, 0.717) is 18.0 Å².